The van der Waals surface area contributed by atoms with E-state index in [1.165, 1.54) is 0 Å². The van der Waals surface area contributed by atoms with Gasteiger partial charge in [0, 0.05) is 12.3 Å². The van der Waals surface area contributed by atoms with Crippen molar-refractivity contribution in [2.24, 2.45) is 0 Å². The average Bonchev–Trinajstić information content (AvgIpc) is 2.34. The summed E-state index contributed by atoms with van der Waals surface area (Å²) in [6.07, 6.45) is 3.01. The van der Waals surface area contributed by atoms with Gasteiger partial charge >= 0.3 is 17.5 Å². The first kappa shape index (κ1) is 16.9. The normalized spacial score (nSPS) is 18.4. The van der Waals surface area contributed by atoms with Crippen molar-refractivity contribution in [1.82, 2.24) is 10.6 Å². The quantitative estimate of drug-likeness (QED) is 0.681. The summed E-state index contributed by atoms with van der Waals surface area (Å²) in [4.78, 5) is 22.8. The summed E-state index contributed by atoms with van der Waals surface area (Å²) in [6.45, 7) is -0.175. The van der Waals surface area contributed by atoms with Crippen LogP contribution >= 0.6 is 11.8 Å². The summed E-state index contributed by atoms with van der Waals surface area (Å²) in [5, 5.41) is 13.9. The van der Waals surface area contributed by atoms with Crippen LogP contribution in [0.2, 0.25) is 0 Å². The molecular formula is C11H17F3N2O3S. The Balaban J connectivity index is 2.37. The van der Waals surface area contributed by atoms with Crippen LogP contribution in [-0.2, 0) is 4.79 Å². The molecule has 0 heterocycles. The van der Waals surface area contributed by atoms with Crippen molar-refractivity contribution < 1.29 is 27.9 Å². The molecule has 0 aromatic heterocycles. The predicted octanol–water partition coefficient (Wildman–Crippen LogP) is 2.33. The van der Waals surface area contributed by atoms with E-state index < -0.39 is 23.0 Å². The molecule has 1 fully saturated rings. The fraction of sp³-hybridized carbons (Fsp3) is 0.818. The van der Waals surface area contributed by atoms with Gasteiger partial charge in [0.1, 0.15) is 5.54 Å². The fourth-order valence-corrected chi connectivity index (χ4v) is 2.58. The Labute approximate surface area is 118 Å². The number of urea groups is 1. The molecule has 20 heavy (non-hydrogen) atoms. The molecule has 5 nitrogen and oxygen atoms in total. The minimum absolute atomic E-state index is 0.175. The number of amides is 2. The summed E-state index contributed by atoms with van der Waals surface area (Å²) in [5.41, 5.74) is -5.62. The van der Waals surface area contributed by atoms with Crippen molar-refractivity contribution in [3.8, 4) is 0 Å². The summed E-state index contributed by atoms with van der Waals surface area (Å²) < 4.78 is 35.6. The minimum Gasteiger partial charge on any atom is -0.480 e. The zero-order valence-corrected chi connectivity index (χ0v) is 11.6. The molecule has 0 saturated heterocycles. The highest BCUT2D eigenvalue weighted by molar-refractivity contribution is 8.00. The molecule has 0 aliphatic heterocycles. The zero-order valence-electron chi connectivity index (χ0n) is 10.8. The standard InChI is InChI=1S/C11H17F3N2O3S/c12-11(13,14)20-7-6-15-9(19)16-10(8(17)18)4-2-1-3-5-10/h1-7H2,(H,17,18)(H2,15,16,19). The van der Waals surface area contributed by atoms with Crippen LogP contribution in [0.1, 0.15) is 32.1 Å². The van der Waals surface area contributed by atoms with Gasteiger partial charge < -0.3 is 15.7 Å². The molecule has 1 rings (SSSR count). The van der Waals surface area contributed by atoms with Crippen LogP contribution in [0.15, 0.2) is 0 Å². The number of thioether (sulfide) groups is 1. The molecule has 3 N–H and O–H groups in total. The van der Waals surface area contributed by atoms with E-state index in [1.54, 1.807) is 0 Å². The number of alkyl halides is 3. The molecule has 9 heteroatoms. The summed E-state index contributed by atoms with van der Waals surface area (Å²) >= 11 is -0.232. The maximum absolute atomic E-state index is 11.9. The number of carboxylic acids is 1. The average molecular weight is 314 g/mol. The summed E-state index contributed by atoms with van der Waals surface area (Å²) in [5.74, 6) is -1.41. The Bertz CT molecular complexity index is 357. The lowest BCUT2D eigenvalue weighted by molar-refractivity contribution is -0.145. The van der Waals surface area contributed by atoms with E-state index in [9.17, 15) is 27.9 Å². The fourth-order valence-electron chi connectivity index (χ4n) is 2.14. The van der Waals surface area contributed by atoms with Crippen LogP contribution in [0.4, 0.5) is 18.0 Å². The largest absolute Gasteiger partial charge is 0.480 e. The van der Waals surface area contributed by atoms with E-state index in [4.69, 9.17) is 0 Å². The van der Waals surface area contributed by atoms with Crippen molar-refractivity contribution in [2.75, 3.05) is 12.3 Å². The Hall–Kier alpha value is -1.12. The van der Waals surface area contributed by atoms with Gasteiger partial charge in [-0.1, -0.05) is 19.3 Å². The molecule has 0 aromatic rings. The van der Waals surface area contributed by atoms with Gasteiger partial charge in [-0.25, -0.2) is 9.59 Å². The Morgan fingerprint density at radius 3 is 2.30 bits per heavy atom. The van der Waals surface area contributed by atoms with E-state index in [-0.39, 0.29) is 24.1 Å². The monoisotopic (exact) mass is 314 g/mol. The minimum atomic E-state index is -4.33. The number of carboxylic acid groups (broad SMARTS) is 1. The molecule has 0 spiro atoms. The second-order valence-corrected chi connectivity index (χ2v) is 5.78. The Morgan fingerprint density at radius 2 is 1.80 bits per heavy atom. The van der Waals surface area contributed by atoms with Gasteiger partial charge in [0.15, 0.2) is 0 Å². The predicted molar refractivity (Wildman–Crippen MR) is 68.5 cm³/mol. The molecule has 1 aliphatic rings. The topological polar surface area (TPSA) is 78.4 Å². The van der Waals surface area contributed by atoms with Gasteiger partial charge in [0.25, 0.3) is 0 Å². The SMILES string of the molecule is O=C(NCCSC(F)(F)F)NC1(C(=O)O)CCCCC1. The first-order valence-corrected chi connectivity index (χ1v) is 7.24. The van der Waals surface area contributed by atoms with E-state index in [0.29, 0.717) is 25.7 Å². The van der Waals surface area contributed by atoms with Crippen molar-refractivity contribution in [2.45, 2.75) is 43.2 Å². The second-order valence-electron chi connectivity index (χ2n) is 4.62. The Kier molecular flexibility index (Phi) is 5.97. The van der Waals surface area contributed by atoms with Crippen LogP contribution in [-0.4, -0.2) is 40.5 Å². The van der Waals surface area contributed by atoms with E-state index >= 15 is 0 Å². The van der Waals surface area contributed by atoms with Crippen LogP contribution < -0.4 is 10.6 Å². The highest BCUT2D eigenvalue weighted by atomic mass is 32.2. The number of carbonyl (C=O) groups is 2. The molecule has 1 aliphatic carbocycles. The highest BCUT2D eigenvalue weighted by Crippen LogP contribution is 2.30. The van der Waals surface area contributed by atoms with E-state index in [0.717, 1.165) is 6.42 Å². The van der Waals surface area contributed by atoms with Crippen LogP contribution in [0, 0.1) is 0 Å². The lowest BCUT2D eigenvalue weighted by atomic mass is 9.82. The molecule has 2 amide bonds. The van der Waals surface area contributed by atoms with Gasteiger partial charge in [-0.2, -0.15) is 13.2 Å². The molecule has 0 aromatic carbocycles. The number of halogens is 3. The lowest BCUT2D eigenvalue weighted by Gasteiger charge is -2.33. The van der Waals surface area contributed by atoms with Gasteiger partial charge in [-0.05, 0) is 24.6 Å². The van der Waals surface area contributed by atoms with Crippen LogP contribution in [0.5, 0.6) is 0 Å². The van der Waals surface area contributed by atoms with Crippen molar-refractivity contribution in [1.29, 1.82) is 0 Å². The first-order valence-electron chi connectivity index (χ1n) is 6.25. The third kappa shape index (κ3) is 5.48. The summed E-state index contributed by atoms with van der Waals surface area (Å²) in [7, 11) is 0. The van der Waals surface area contributed by atoms with Crippen molar-refractivity contribution >= 4 is 23.8 Å². The molecule has 0 bridgehead atoms. The van der Waals surface area contributed by atoms with Gasteiger partial charge in [0.05, 0.1) is 0 Å². The third-order valence-corrected chi connectivity index (χ3v) is 3.86. The summed E-state index contributed by atoms with van der Waals surface area (Å²) in [6, 6.07) is -0.739. The number of hydrogen-bond donors (Lipinski definition) is 3. The zero-order chi connectivity index (χ0) is 15.2. The molecule has 0 radical (unpaired) electrons. The van der Waals surface area contributed by atoms with Crippen LogP contribution in [0.25, 0.3) is 0 Å². The van der Waals surface area contributed by atoms with E-state index in [1.807, 2.05) is 0 Å². The van der Waals surface area contributed by atoms with Gasteiger partial charge in [-0.15, -0.1) is 0 Å². The van der Waals surface area contributed by atoms with E-state index in [2.05, 4.69) is 10.6 Å². The third-order valence-electron chi connectivity index (χ3n) is 3.12. The maximum atomic E-state index is 11.9. The van der Waals surface area contributed by atoms with Gasteiger partial charge in [0.2, 0.25) is 0 Å². The number of hydrogen-bond acceptors (Lipinski definition) is 3. The lowest BCUT2D eigenvalue weighted by Crippen LogP contribution is -2.58. The molecule has 0 atom stereocenters. The maximum Gasteiger partial charge on any atom is 0.441 e. The van der Waals surface area contributed by atoms with Gasteiger partial charge in [-0.3, -0.25) is 0 Å². The second kappa shape index (κ2) is 7.05. The highest BCUT2D eigenvalue weighted by Gasteiger charge is 2.40. The number of rotatable bonds is 5. The Morgan fingerprint density at radius 1 is 1.20 bits per heavy atom. The number of carbonyl (C=O) groups excluding carboxylic acids is 1. The number of nitrogens with one attached hydrogen (secondary N) is 2. The number of aliphatic carboxylic acids is 1. The van der Waals surface area contributed by atoms with Crippen LogP contribution in [0.3, 0.4) is 0 Å². The molecule has 1 saturated carbocycles. The molecule has 0 unspecified atom stereocenters. The van der Waals surface area contributed by atoms with Crippen molar-refractivity contribution in [3.63, 3.8) is 0 Å². The van der Waals surface area contributed by atoms with Crippen molar-refractivity contribution in [3.05, 3.63) is 0 Å². The first-order chi connectivity index (χ1) is 9.25. The smallest absolute Gasteiger partial charge is 0.441 e. The molecule has 116 valence electrons. The molecular weight excluding hydrogens is 297 g/mol.